The number of benzene rings is 1. The van der Waals surface area contributed by atoms with Crippen LogP contribution in [0.25, 0.3) is 0 Å². The molecule has 0 bridgehead atoms. The molecule has 0 unspecified atom stereocenters. The van der Waals surface area contributed by atoms with E-state index in [2.05, 4.69) is 19.2 Å². The number of aromatic carboxylic acids is 1. The summed E-state index contributed by atoms with van der Waals surface area (Å²) >= 11 is 5.93. The van der Waals surface area contributed by atoms with Crippen LogP contribution in [0.2, 0.25) is 5.02 Å². The fraction of sp³-hybridized carbons (Fsp3) is 0.500. The lowest BCUT2D eigenvalue weighted by atomic mass is 9.92. The summed E-state index contributed by atoms with van der Waals surface area (Å²) in [5.74, 6) is -0.328. The third kappa shape index (κ3) is 2.61. The lowest BCUT2D eigenvalue weighted by Crippen LogP contribution is -2.20. The van der Waals surface area contributed by atoms with Crippen LogP contribution in [0.4, 0.5) is 5.69 Å². The van der Waals surface area contributed by atoms with Crippen molar-refractivity contribution in [1.82, 2.24) is 0 Å². The van der Waals surface area contributed by atoms with Gasteiger partial charge in [-0.3, -0.25) is 0 Å². The fourth-order valence-electron chi connectivity index (χ4n) is 2.20. The third-order valence-corrected chi connectivity index (χ3v) is 4.27. The van der Waals surface area contributed by atoms with Gasteiger partial charge in [0.15, 0.2) is 0 Å². The maximum atomic E-state index is 10.8. The summed E-state index contributed by atoms with van der Waals surface area (Å²) in [6, 6.07) is 5.00. The highest BCUT2D eigenvalue weighted by molar-refractivity contribution is 6.33. The second-order valence-electron chi connectivity index (χ2n) is 5.37. The molecule has 0 spiro atoms. The summed E-state index contributed by atoms with van der Waals surface area (Å²) in [7, 11) is 0. The number of halogens is 1. The molecule has 18 heavy (non-hydrogen) atoms. The maximum Gasteiger partial charge on any atom is 0.337 e. The highest BCUT2D eigenvalue weighted by Crippen LogP contribution is 2.51. The largest absolute Gasteiger partial charge is 0.478 e. The van der Waals surface area contributed by atoms with Crippen LogP contribution in [0.1, 0.15) is 37.0 Å². The standard InChI is InChI=1S/C14H18ClNO2/c1-9(2)14(5-6-14)8-16-10-3-4-11(13(17)18)12(15)7-10/h3-4,7,9,16H,5-6,8H2,1-2H3,(H,17,18). The van der Waals surface area contributed by atoms with Crippen molar-refractivity contribution in [2.24, 2.45) is 11.3 Å². The Balaban J connectivity index is 2.03. The predicted molar refractivity (Wildman–Crippen MR) is 73.4 cm³/mol. The number of nitrogens with one attached hydrogen (secondary N) is 1. The molecule has 2 rings (SSSR count). The highest BCUT2D eigenvalue weighted by Gasteiger charge is 2.44. The second kappa shape index (κ2) is 4.81. The first kappa shape index (κ1) is 13.2. The molecule has 2 N–H and O–H groups in total. The van der Waals surface area contributed by atoms with E-state index in [0.29, 0.717) is 11.3 Å². The zero-order valence-electron chi connectivity index (χ0n) is 10.7. The van der Waals surface area contributed by atoms with Gasteiger partial charge in [0.05, 0.1) is 10.6 Å². The molecule has 0 saturated heterocycles. The molecule has 0 aromatic heterocycles. The molecular weight excluding hydrogens is 250 g/mol. The minimum Gasteiger partial charge on any atom is -0.478 e. The van der Waals surface area contributed by atoms with E-state index in [1.54, 1.807) is 18.2 Å². The maximum absolute atomic E-state index is 10.8. The molecule has 1 aliphatic carbocycles. The van der Waals surface area contributed by atoms with Crippen LogP contribution < -0.4 is 5.32 Å². The van der Waals surface area contributed by atoms with Gasteiger partial charge in [-0.1, -0.05) is 25.4 Å². The van der Waals surface area contributed by atoms with Crippen molar-refractivity contribution in [3.8, 4) is 0 Å². The van der Waals surface area contributed by atoms with Gasteiger partial charge in [0.1, 0.15) is 0 Å². The molecule has 98 valence electrons. The highest BCUT2D eigenvalue weighted by atomic mass is 35.5. The third-order valence-electron chi connectivity index (χ3n) is 3.96. The quantitative estimate of drug-likeness (QED) is 0.851. The van der Waals surface area contributed by atoms with E-state index in [0.717, 1.165) is 12.2 Å². The van der Waals surface area contributed by atoms with Crippen molar-refractivity contribution < 1.29 is 9.90 Å². The number of hydrogen-bond donors (Lipinski definition) is 2. The van der Waals surface area contributed by atoms with E-state index in [1.807, 2.05) is 0 Å². The van der Waals surface area contributed by atoms with Crippen LogP contribution in [0, 0.1) is 11.3 Å². The van der Waals surface area contributed by atoms with Gasteiger partial charge >= 0.3 is 5.97 Å². The Bertz CT molecular complexity index is 467. The lowest BCUT2D eigenvalue weighted by Gasteiger charge is -2.20. The molecule has 0 aliphatic heterocycles. The molecule has 0 radical (unpaired) electrons. The van der Waals surface area contributed by atoms with E-state index in [1.165, 1.54) is 12.8 Å². The molecule has 1 aromatic carbocycles. The first-order valence-corrected chi connectivity index (χ1v) is 6.59. The minimum absolute atomic E-state index is 0.146. The Morgan fingerprint density at radius 1 is 1.50 bits per heavy atom. The van der Waals surface area contributed by atoms with Crippen LogP contribution >= 0.6 is 11.6 Å². The Morgan fingerprint density at radius 3 is 2.61 bits per heavy atom. The van der Waals surface area contributed by atoms with Crippen LogP contribution in [0.3, 0.4) is 0 Å². The minimum atomic E-state index is -0.993. The van der Waals surface area contributed by atoms with Gasteiger partial charge in [0, 0.05) is 12.2 Å². The molecule has 0 atom stereocenters. The molecule has 1 aliphatic rings. The molecule has 1 aromatic rings. The number of carboxylic acid groups (broad SMARTS) is 1. The predicted octanol–water partition coefficient (Wildman–Crippen LogP) is 3.89. The fourth-order valence-corrected chi connectivity index (χ4v) is 2.46. The molecule has 0 heterocycles. The monoisotopic (exact) mass is 267 g/mol. The van der Waals surface area contributed by atoms with Crippen LogP contribution in [-0.4, -0.2) is 17.6 Å². The van der Waals surface area contributed by atoms with Crippen molar-refractivity contribution >= 4 is 23.3 Å². The van der Waals surface area contributed by atoms with Gasteiger partial charge in [-0.05, 0) is 42.4 Å². The Hall–Kier alpha value is -1.22. The average Bonchev–Trinajstić information content (AvgIpc) is 3.07. The zero-order valence-corrected chi connectivity index (χ0v) is 11.4. The first-order valence-electron chi connectivity index (χ1n) is 6.21. The summed E-state index contributed by atoms with van der Waals surface area (Å²) in [6.07, 6.45) is 2.53. The van der Waals surface area contributed by atoms with Crippen molar-refractivity contribution in [2.45, 2.75) is 26.7 Å². The number of carboxylic acids is 1. The van der Waals surface area contributed by atoms with Crippen LogP contribution in [0.15, 0.2) is 18.2 Å². The second-order valence-corrected chi connectivity index (χ2v) is 5.78. The van der Waals surface area contributed by atoms with Crippen LogP contribution in [0.5, 0.6) is 0 Å². The molecular formula is C14H18ClNO2. The van der Waals surface area contributed by atoms with E-state index >= 15 is 0 Å². The van der Waals surface area contributed by atoms with Gasteiger partial charge in [-0.25, -0.2) is 4.79 Å². The summed E-state index contributed by atoms with van der Waals surface area (Å²) in [6.45, 7) is 5.41. The Labute approximate surface area is 112 Å². The smallest absolute Gasteiger partial charge is 0.337 e. The van der Waals surface area contributed by atoms with E-state index in [4.69, 9.17) is 16.7 Å². The number of rotatable bonds is 5. The molecule has 4 heteroatoms. The van der Waals surface area contributed by atoms with Gasteiger partial charge in [-0.2, -0.15) is 0 Å². The van der Waals surface area contributed by atoms with E-state index in [9.17, 15) is 4.79 Å². The lowest BCUT2D eigenvalue weighted by molar-refractivity contribution is 0.0697. The number of anilines is 1. The van der Waals surface area contributed by atoms with Crippen molar-refractivity contribution in [2.75, 3.05) is 11.9 Å². The molecule has 1 saturated carbocycles. The molecule has 3 nitrogen and oxygen atoms in total. The van der Waals surface area contributed by atoms with E-state index in [-0.39, 0.29) is 10.6 Å². The summed E-state index contributed by atoms with van der Waals surface area (Å²) < 4.78 is 0. The van der Waals surface area contributed by atoms with Gasteiger partial charge in [-0.15, -0.1) is 0 Å². The topological polar surface area (TPSA) is 49.3 Å². The zero-order chi connectivity index (χ0) is 13.3. The summed E-state index contributed by atoms with van der Waals surface area (Å²) in [5.41, 5.74) is 1.45. The van der Waals surface area contributed by atoms with Gasteiger partial charge < -0.3 is 10.4 Å². The molecule has 1 fully saturated rings. The number of carbonyl (C=O) groups is 1. The average molecular weight is 268 g/mol. The number of hydrogen-bond acceptors (Lipinski definition) is 2. The van der Waals surface area contributed by atoms with Gasteiger partial charge in [0.25, 0.3) is 0 Å². The van der Waals surface area contributed by atoms with Crippen LogP contribution in [-0.2, 0) is 0 Å². The summed E-state index contributed by atoms with van der Waals surface area (Å²) in [4.78, 5) is 10.8. The molecule has 0 amide bonds. The SMILES string of the molecule is CC(C)C1(CNc2ccc(C(=O)O)c(Cl)c2)CC1. The van der Waals surface area contributed by atoms with Gasteiger partial charge in [0.2, 0.25) is 0 Å². The Morgan fingerprint density at radius 2 is 2.17 bits per heavy atom. The van der Waals surface area contributed by atoms with Crippen molar-refractivity contribution in [3.63, 3.8) is 0 Å². The van der Waals surface area contributed by atoms with Crippen molar-refractivity contribution in [3.05, 3.63) is 28.8 Å². The summed E-state index contributed by atoms with van der Waals surface area (Å²) in [5, 5.41) is 12.5. The first-order chi connectivity index (χ1) is 8.44. The van der Waals surface area contributed by atoms with Crippen molar-refractivity contribution in [1.29, 1.82) is 0 Å². The van der Waals surface area contributed by atoms with E-state index < -0.39 is 5.97 Å². The normalized spacial score (nSPS) is 16.7. The Kier molecular flexibility index (Phi) is 3.53.